The summed E-state index contributed by atoms with van der Waals surface area (Å²) in [6.45, 7) is 5.75. The first kappa shape index (κ1) is 17.4. The van der Waals surface area contributed by atoms with E-state index in [-0.39, 0.29) is 0 Å². The average molecular weight is 322 g/mol. The van der Waals surface area contributed by atoms with E-state index in [1.807, 2.05) is 0 Å². The third-order valence-corrected chi connectivity index (χ3v) is 3.94. The van der Waals surface area contributed by atoms with Gasteiger partial charge in [0.05, 0.1) is 25.0 Å². The minimum atomic E-state index is -0.455. The van der Waals surface area contributed by atoms with Crippen molar-refractivity contribution in [2.45, 2.75) is 26.2 Å². The molecule has 0 unspecified atom stereocenters. The van der Waals surface area contributed by atoms with Gasteiger partial charge in [-0.15, -0.1) is 0 Å². The SMILES string of the molecule is CCOC(=O)c1cc(OC)c(OCCN2CCCCC2)cc1N. The van der Waals surface area contributed by atoms with Crippen LogP contribution >= 0.6 is 0 Å². The Morgan fingerprint density at radius 1 is 1.22 bits per heavy atom. The lowest BCUT2D eigenvalue weighted by atomic mass is 10.1. The van der Waals surface area contributed by atoms with E-state index in [0.717, 1.165) is 19.6 Å². The fraction of sp³-hybridized carbons (Fsp3) is 0.588. The lowest BCUT2D eigenvalue weighted by molar-refractivity contribution is 0.0527. The lowest BCUT2D eigenvalue weighted by Gasteiger charge is -2.26. The number of nitrogens with two attached hydrogens (primary N) is 1. The van der Waals surface area contributed by atoms with Gasteiger partial charge in [-0.05, 0) is 32.9 Å². The Labute approximate surface area is 137 Å². The van der Waals surface area contributed by atoms with Crippen LogP contribution in [0.15, 0.2) is 12.1 Å². The third kappa shape index (κ3) is 4.76. The molecule has 1 fully saturated rings. The number of benzene rings is 1. The quantitative estimate of drug-likeness (QED) is 0.613. The standard InChI is InChI=1S/C17H26N2O4/c1-3-22-17(20)13-11-15(21-2)16(12-14(13)18)23-10-9-19-7-5-4-6-8-19/h11-12H,3-10,18H2,1-2H3. The first-order valence-corrected chi connectivity index (χ1v) is 8.15. The van der Waals surface area contributed by atoms with Gasteiger partial charge in [0.1, 0.15) is 6.61 Å². The van der Waals surface area contributed by atoms with Crippen molar-refractivity contribution in [1.29, 1.82) is 0 Å². The molecule has 0 aliphatic carbocycles. The van der Waals surface area contributed by atoms with Crippen molar-refractivity contribution >= 4 is 11.7 Å². The van der Waals surface area contributed by atoms with Gasteiger partial charge in [0.2, 0.25) is 0 Å². The highest BCUT2D eigenvalue weighted by Crippen LogP contribution is 2.32. The molecule has 0 aromatic heterocycles. The average Bonchev–Trinajstić information content (AvgIpc) is 2.56. The number of rotatable bonds is 7. The summed E-state index contributed by atoms with van der Waals surface area (Å²) in [5, 5.41) is 0. The summed E-state index contributed by atoms with van der Waals surface area (Å²) in [4.78, 5) is 14.3. The smallest absolute Gasteiger partial charge is 0.340 e. The predicted octanol–water partition coefficient (Wildman–Crippen LogP) is 2.32. The van der Waals surface area contributed by atoms with Crippen LogP contribution in [0, 0.1) is 0 Å². The van der Waals surface area contributed by atoms with Crippen LogP contribution in [0.25, 0.3) is 0 Å². The van der Waals surface area contributed by atoms with Gasteiger partial charge in [-0.1, -0.05) is 6.42 Å². The van der Waals surface area contributed by atoms with Gasteiger partial charge >= 0.3 is 5.97 Å². The van der Waals surface area contributed by atoms with Crippen LogP contribution in [-0.4, -0.2) is 50.8 Å². The molecule has 0 spiro atoms. The Bertz CT molecular complexity index is 528. The number of likely N-dealkylation sites (tertiary alicyclic amines) is 1. The van der Waals surface area contributed by atoms with Gasteiger partial charge in [-0.2, -0.15) is 0 Å². The summed E-state index contributed by atoms with van der Waals surface area (Å²) in [5.74, 6) is 0.583. The minimum absolute atomic E-state index is 0.298. The first-order valence-electron chi connectivity index (χ1n) is 8.15. The number of carbonyl (C=O) groups excluding carboxylic acids is 1. The Morgan fingerprint density at radius 3 is 2.61 bits per heavy atom. The second-order valence-electron chi connectivity index (χ2n) is 5.56. The number of carbonyl (C=O) groups is 1. The second kappa shape index (κ2) is 8.62. The molecule has 23 heavy (non-hydrogen) atoms. The monoisotopic (exact) mass is 322 g/mol. The number of anilines is 1. The van der Waals surface area contributed by atoms with E-state index >= 15 is 0 Å². The molecule has 1 heterocycles. The van der Waals surface area contributed by atoms with Gasteiger partial charge in [0.15, 0.2) is 11.5 Å². The van der Waals surface area contributed by atoms with Crippen molar-refractivity contribution in [3.8, 4) is 11.5 Å². The van der Waals surface area contributed by atoms with Crippen molar-refractivity contribution in [2.24, 2.45) is 0 Å². The number of hydrogen-bond acceptors (Lipinski definition) is 6. The lowest BCUT2D eigenvalue weighted by Crippen LogP contribution is -2.33. The van der Waals surface area contributed by atoms with Crippen LogP contribution in [0.2, 0.25) is 0 Å². The van der Waals surface area contributed by atoms with Crippen molar-refractivity contribution in [2.75, 3.05) is 45.7 Å². The van der Waals surface area contributed by atoms with Crippen LogP contribution in [-0.2, 0) is 4.74 Å². The normalized spacial score (nSPS) is 15.2. The fourth-order valence-electron chi connectivity index (χ4n) is 2.70. The number of piperidine rings is 1. The van der Waals surface area contributed by atoms with Crippen LogP contribution in [0.5, 0.6) is 11.5 Å². The van der Waals surface area contributed by atoms with Gasteiger partial charge in [-0.3, -0.25) is 4.90 Å². The number of ether oxygens (including phenoxy) is 3. The number of methoxy groups -OCH3 is 1. The Kier molecular flexibility index (Phi) is 6.52. The molecule has 6 heteroatoms. The van der Waals surface area contributed by atoms with E-state index in [1.54, 1.807) is 19.1 Å². The van der Waals surface area contributed by atoms with E-state index in [0.29, 0.717) is 36.0 Å². The zero-order valence-corrected chi connectivity index (χ0v) is 14.0. The molecule has 0 radical (unpaired) electrons. The van der Waals surface area contributed by atoms with Crippen LogP contribution in [0.3, 0.4) is 0 Å². The second-order valence-corrected chi connectivity index (χ2v) is 5.56. The molecular weight excluding hydrogens is 296 g/mol. The first-order chi connectivity index (χ1) is 11.2. The molecule has 0 atom stereocenters. The van der Waals surface area contributed by atoms with Crippen LogP contribution < -0.4 is 15.2 Å². The van der Waals surface area contributed by atoms with E-state index < -0.39 is 5.97 Å². The van der Waals surface area contributed by atoms with E-state index in [1.165, 1.54) is 26.4 Å². The molecule has 1 saturated heterocycles. The summed E-state index contributed by atoms with van der Waals surface area (Å²) in [6, 6.07) is 3.20. The van der Waals surface area contributed by atoms with Crippen LogP contribution in [0.4, 0.5) is 5.69 Å². The number of hydrogen-bond donors (Lipinski definition) is 1. The fourth-order valence-corrected chi connectivity index (χ4v) is 2.70. The van der Waals surface area contributed by atoms with E-state index in [9.17, 15) is 4.79 Å². The summed E-state index contributed by atoms with van der Waals surface area (Å²) >= 11 is 0. The molecule has 0 saturated carbocycles. The maximum absolute atomic E-state index is 11.9. The maximum atomic E-state index is 11.9. The maximum Gasteiger partial charge on any atom is 0.340 e. The highest BCUT2D eigenvalue weighted by molar-refractivity contribution is 5.96. The van der Waals surface area contributed by atoms with Crippen molar-refractivity contribution < 1.29 is 19.0 Å². The minimum Gasteiger partial charge on any atom is -0.493 e. The Balaban J connectivity index is 2.00. The zero-order chi connectivity index (χ0) is 16.7. The molecule has 6 nitrogen and oxygen atoms in total. The molecular formula is C17H26N2O4. The zero-order valence-electron chi connectivity index (χ0n) is 14.0. The van der Waals surface area contributed by atoms with Gasteiger partial charge in [0.25, 0.3) is 0 Å². The highest BCUT2D eigenvalue weighted by Gasteiger charge is 2.17. The highest BCUT2D eigenvalue weighted by atomic mass is 16.5. The third-order valence-electron chi connectivity index (χ3n) is 3.94. The van der Waals surface area contributed by atoms with Crippen LogP contribution in [0.1, 0.15) is 36.5 Å². The van der Waals surface area contributed by atoms with Gasteiger partial charge in [-0.25, -0.2) is 4.79 Å². The number of nitrogens with zero attached hydrogens (tertiary/aromatic N) is 1. The molecule has 2 rings (SSSR count). The summed E-state index contributed by atoms with van der Waals surface area (Å²) < 4.78 is 16.1. The number of nitrogen functional groups attached to an aromatic ring is 1. The predicted molar refractivity (Wildman–Crippen MR) is 89.1 cm³/mol. The number of esters is 1. The molecule has 0 bridgehead atoms. The molecule has 1 aliphatic heterocycles. The van der Waals surface area contributed by atoms with Crippen molar-refractivity contribution in [1.82, 2.24) is 4.90 Å². The van der Waals surface area contributed by atoms with Crippen molar-refractivity contribution in [3.63, 3.8) is 0 Å². The largest absolute Gasteiger partial charge is 0.493 e. The van der Waals surface area contributed by atoms with Gasteiger partial charge in [0, 0.05) is 18.7 Å². The summed E-state index contributed by atoms with van der Waals surface area (Å²) in [7, 11) is 1.54. The molecule has 1 aromatic carbocycles. The van der Waals surface area contributed by atoms with E-state index in [2.05, 4.69) is 4.90 Å². The molecule has 1 aliphatic rings. The summed E-state index contributed by atoms with van der Waals surface area (Å²) in [6.07, 6.45) is 3.83. The Hall–Kier alpha value is -1.95. The summed E-state index contributed by atoms with van der Waals surface area (Å²) in [5.41, 5.74) is 6.57. The Morgan fingerprint density at radius 2 is 1.96 bits per heavy atom. The topological polar surface area (TPSA) is 74.0 Å². The van der Waals surface area contributed by atoms with Gasteiger partial charge < -0.3 is 19.9 Å². The molecule has 1 aromatic rings. The van der Waals surface area contributed by atoms with E-state index in [4.69, 9.17) is 19.9 Å². The molecule has 0 amide bonds. The molecule has 2 N–H and O–H groups in total. The molecule has 128 valence electrons. The van der Waals surface area contributed by atoms with Crippen molar-refractivity contribution in [3.05, 3.63) is 17.7 Å².